The number of aliphatic hydroxyl groups excluding tert-OH is 1. The highest BCUT2D eigenvalue weighted by atomic mass is 16.5. The van der Waals surface area contributed by atoms with E-state index < -0.39 is 12.2 Å². The molecule has 2 rings (SSSR count). The normalized spacial score (nSPS) is 17.6. The number of carbonyl (C=O) groups is 1. The number of ether oxygens (including phenoxy) is 1. The Hall–Kier alpha value is -1.39. The zero-order valence-corrected chi connectivity index (χ0v) is 12.2. The van der Waals surface area contributed by atoms with Crippen LogP contribution in [0.3, 0.4) is 0 Å². The number of aliphatic hydroxyl groups is 1. The van der Waals surface area contributed by atoms with Crippen molar-refractivity contribution in [3.05, 3.63) is 35.9 Å². The van der Waals surface area contributed by atoms with Crippen LogP contribution >= 0.6 is 0 Å². The average molecular weight is 277 g/mol. The van der Waals surface area contributed by atoms with Crippen molar-refractivity contribution in [1.82, 2.24) is 4.90 Å². The third-order valence-electron chi connectivity index (χ3n) is 3.69. The first kappa shape index (κ1) is 15.0. The van der Waals surface area contributed by atoms with Crippen molar-refractivity contribution < 1.29 is 14.6 Å². The van der Waals surface area contributed by atoms with Gasteiger partial charge in [-0.3, -0.25) is 4.79 Å². The van der Waals surface area contributed by atoms with Crippen LogP contribution in [0.5, 0.6) is 0 Å². The SMILES string of the molecule is CC(OCc1ccccc1)C(=O)N(C)CC(O)C1CC1. The van der Waals surface area contributed by atoms with E-state index in [2.05, 4.69) is 0 Å². The van der Waals surface area contributed by atoms with Gasteiger partial charge in [-0.1, -0.05) is 30.3 Å². The lowest BCUT2D eigenvalue weighted by molar-refractivity contribution is -0.143. The monoisotopic (exact) mass is 277 g/mol. The molecule has 1 aromatic rings. The van der Waals surface area contributed by atoms with Crippen molar-refractivity contribution >= 4 is 5.91 Å². The second kappa shape index (κ2) is 6.86. The fourth-order valence-corrected chi connectivity index (χ4v) is 2.18. The Kier molecular flexibility index (Phi) is 5.15. The fraction of sp³-hybridized carbons (Fsp3) is 0.562. The van der Waals surface area contributed by atoms with Crippen LogP contribution in [-0.2, 0) is 16.1 Å². The van der Waals surface area contributed by atoms with E-state index in [-0.39, 0.29) is 5.91 Å². The molecule has 0 radical (unpaired) electrons. The van der Waals surface area contributed by atoms with E-state index in [9.17, 15) is 9.90 Å². The van der Waals surface area contributed by atoms with E-state index >= 15 is 0 Å². The van der Waals surface area contributed by atoms with E-state index in [0.717, 1.165) is 18.4 Å². The summed E-state index contributed by atoms with van der Waals surface area (Å²) in [6.45, 7) is 2.57. The summed E-state index contributed by atoms with van der Waals surface area (Å²) >= 11 is 0. The molecular weight excluding hydrogens is 254 g/mol. The molecule has 1 fully saturated rings. The smallest absolute Gasteiger partial charge is 0.251 e. The molecule has 4 nitrogen and oxygen atoms in total. The summed E-state index contributed by atoms with van der Waals surface area (Å²) in [4.78, 5) is 13.7. The predicted octanol–water partition coefficient (Wildman–Crippen LogP) is 1.82. The number of rotatable bonds is 7. The lowest BCUT2D eigenvalue weighted by Crippen LogP contribution is -2.41. The van der Waals surface area contributed by atoms with Crippen molar-refractivity contribution in [1.29, 1.82) is 0 Å². The first-order chi connectivity index (χ1) is 9.58. The molecule has 4 heteroatoms. The third kappa shape index (κ3) is 4.32. The summed E-state index contributed by atoms with van der Waals surface area (Å²) in [7, 11) is 1.72. The number of benzene rings is 1. The summed E-state index contributed by atoms with van der Waals surface area (Å²) in [6.07, 6.45) is 1.25. The van der Waals surface area contributed by atoms with Gasteiger partial charge in [0.05, 0.1) is 12.7 Å². The van der Waals surface area contributed by atoms with Crippen LogP contribution in [0.2, 0.25) is 0 Å². The molecule has 1 aromatic carbocycles. The number of amides is 1. The minimum absolute atomic E-state index is 0.0827. The van der Waals surface area contributed by atoms with Gasteiger partial charge in [0.25, 0.3) is 5.91 Å². The van der Waals surface area contributed by atoms with Crippen molar-refractivity contribution in [3.63, 3.8) is 0 Å². The molecule has 0 aliphatic heterocycles. The molecule has 0 heterocycles. The van der Waals surface area contributed by atoms with Crippen LogP contribution in [0.25, 0.3) is 0 Å². The van der Waals surface area contributed by atoms with Gasteiger partial charge in [0.1, 0.15) is 6.10 Å². The summed E-state index contributed by atoms with van der Waals surface area (Å²) in [6, 6.07) is 9.78. The van der Waals surface area contributed by atoms with Crippen LogP contribution in [0.1, 0.15) is 25.3 Å². The Morgan fingerprint density at radius 1 is 1.40 bits per heavy atom. The number of nitrogens with zero attached hydrogens (tertiary/aromatic N) is 1. The number of hydrogen-bond acceptors (Lipinski definition) is 3. The van der Waals surface area contributed by atoms with E-state index in [1.807, 2.05) is 30.3 Å². The summed E-state index contributed by atoms with van der Waals surface area (Å²) in [5.41, 5.74) is 1.05. The highest BCUT2D eigenvalue weighted by molar-refractivity contribution is 5.80. The van der Waals surface area contributed by atoms with Gasteiger partial charge in [-0.15, -0.1) is 0 Å². The molecule has 1 aliphatic carbocycles. The van der Waals surface area contributed by atoms with Gasteiger partial charge in [0.15, 0.2) is 0 Å². The third-order valence-corrected chi connectivity index (χ3v) is 3.69. The van der Waals surface area contributed by atoms with E-state index in [1.165, 1.54) is 0 Å². The van der Waals surface area contributed by atoms with Crippen LogP contribution in [0, 0.1) is 5.92 Å². The molecule has 110 valence electrons. The van der Waals surface area contributed by atoms with Crippen molar-refractivity contribution in [2.45, 2.75) is 38.6 Å². The molecule has 1 aliphatic rings. The molecule has 0 bridgehead atoms. The quantitative estimate of drug-likeness (QED) is 0.827. The molecule has 2 unspecified atom stereocenters. The minimum Gasteiger partial charge on any atom is -0.391 e. The van der Waals surface area contributed by atoms with Crippen LogP contribution < -0.4 is 0 Å². The van der Waals surface area contributed by atoms with Gasteiger partial charge in [-0.25, -0.2) is 0 Å². The molecule has 1 N–H and O–H groups in total. The van der Waals surface area contributed by atoms with Crippen molar-refractivity contribution in [3.8, 4) is 0 Å². The Balaban J connectivity index is 1.75. The Morgan fingerprint density at radius 3 is 2.65 bits per heavy atom. The molecular formula is C16H23NO3. The zero-order chi connectivity index (χ0) is 14.5. The van der Waals surface area contributed by atoms with E-state index in [4.69, 9.17) is 4.74 Å². The summed E-state index contributed by atoms with van der Waals surface area (Å²) < 4.78 is 5.60. The van der Waals surface area contributed by atoms with Gasteiger partial charge in [-0.05, 0) is 31.2 Å². The van der Waals surface area contributed by atoms with E-state index in [0.29, 0.717) is 19.1 Å². The first-order valence-corrected chi connectivity index (χ1v) is 7.16. The van der Waals surface area contributed by atoms with Gasteiger partial charge in [0, 0.05) is 13.6 Å². The lowest BCUT2D eigenvalue weighted by atomic mass is 10.2. The van der Waals surface area contributed by atoms with Crippen LogP contribution in [0.4, 0.5) is 0 Å². The van der Waals surface area contributed by atoms with Crippen LogP contribution in [0.15, 0.2) is 30.3 Å². The first-order valence-electron chi connectivity index (χ1n) is 7.16. The van der Waals surface area contributed by atoms with Gasteiger partial charge in [-0.2, -0.15) is 0 Å². The molecule has 0 spiro atoms. The maximum Gasteiger partial charge on any atom is 0.251 e. The highest BCUT2D eigenvalue weighted by Gasteiger charge is 2.31. The standard InChI is InChI=1S/C16H23NO3/c1-12(20-11-13-6-4-3-5-7-13)16(19)17(2)10-15(18)14-8-9-14/h3-7,12,14-15,18H,8-11H2,1-2H3. The van der Waals surface area contributed by atoms with Crippen molar-refractivity contribution in [2.75, 3.05) is 13.6 Å². The molecule has 1 amide bonds. The van der Waals surface area contributed by atoms with Crippen LogP contribution in [-0.4, -0.2) is 41.7 Å². The Labute approximate surface area is 120 Å². The van der Waals surface area contributed by atoms with Crippen molar-refractivity contribution in [2.24, 2.45) is 5.92 Å². The Bertz CT molecular complexity index is 431. The number of likely N-dealkylation sites (N-methyl/N-ethyl adjacent to an activating group) is 1. The van der Waals surface area contributed by atoms with Gasteiger partial charge in [0.2, 0.25) is 0 Å². The maximum atomic E-state index is 12.1. The predicted molar refractivity (Wildman–Crippen MR) is 77.1 cm³/mol. The second-order valence-corrected chi connectivity index (χ2v) is 5.56. The van der Waals surface area contributed by atoms with E-state index in [1.54, 1.807) is 18.9 Å². The fourth-order valence-electron chi connectivity index (χ4n) is 2.18. The van der Waals surface area contributed by atoms with Gasteiger partial charge < -0.3 is 14.7 Å². The largest absolute Gasteiger partial charge is 0.391 e. The highest BCUT2D eigenvalue weighted by Crippen LogP contribution is 2.32. The zero-order valence-electron chi connectivity index (χ0n) is 12.2. The average Bonchev–Trinajstić information content (AvgIpc) is 3.29. The molecule has 2 atom stereocenters. The topological polar surface area (TPSA) is 49.8 Å². The molecule has 1 saturated carbocycles. The second-order valence-electron chi connectivity index (χ2n) is 5.56. The minimum atomic E-state index is -0.494. The Morgan fingerprint density at radius 2 is 2.05 bits per heavy atom. The number of hydrogen-bond donors (Lipinski definition) is 1. The number of carbonyl (C=O) groups excluding carboxylic acids is 1. The summed E-state index contributed by atoms with van der Waals surface area (Å²) in [5.74, 6) is 0.298. The molecule has 20 heavy (non-hydrogen) atoms. The molecule has 0 saturated heterocycles. The van der Waals surface area contributed by atoms with Gasteiger partial charge >= 0.3 is 0 Å². The molecule has 0 aromatic heterocycles. The lowest BCUT2D eigenvalue weighted by Gasteiger charge is -2.24. The summed E-state index contributed by atoms with van der Waals surface area (Å²) in [5, 5.41) is 9.86. The maximum absolute atomic E-state index is 12.1.